The van der Waals surface area contributed by atoms with Crippen LogP contribution in [0.2, 0.25) is 0 Å². The van der Waals surface area contributed by atoms with Crippen LogP contribution >= 0.6 is 0 Å². The topological polar surface area (TPSA) is 79.0 Å². The van der Waals surface area contributed by atoms with Crippen molar-refractivity contribution < 1.29 is 19.1 Å². The predicted octanol–water partition coefficient (Wildman–Crippen LogP) is 0.786. The molecular formula is C19H25N3O4. The fraction of sp³-hybridized carbons (Fsp3) is 0.526. The Kier molecular flexibility index (Phi) is 5.88. The van der Waals surface area contributed by atoms with E-state index in [9.17, 15) is 14.4 Å². The predicted molar refractivity (Wildman–Crippen MR) is 95.4 cm³/mol. The zero-order valence-electron chi connectivity index (χ0n) is 15.1. The van der Waals surface area contributed by atoms with Crippen LogP contribution in [0.15, 0.2) is 24.3 Å². The maximum Gasteiger partial charge on any atom is 0.253 e. The van der Waals surface area contributed by atoms with Gasteiger partial charge in [-0.25, -0.2) is 0 Å². The minimum atomic E-state index is -0.298. The molecule has 0 radical (unpaired) electrons. The molecule has 1 aromatic carbocycles. The second-order valence-corrected chi connectivity index (χ2v) is 6.73. The summed E-state index contributed by atoms with van der Waals surface area (Å²) in [6, 6.07) is 7.26. The van der Waals surface area contributed by atoms with E-state index in [0.29, 0.717) is 44.9 Å². The van der Waals surface area contributed by atoms with Crippen LogP contribution in [0.4, 0.5) is 0 Å². The highest BCUT2D eigenvalue weighted by Gasteiger charge is 2.31. The van der Waals surface area contributed by atoms with Crippen LogP contribution in [0.1, 0.15) is 35.7 Å². The highest BCUT2D eigenvalue weighted by molar-refractivity contribution is 5.94. The van der Waals surface area contributed by atoms with Gasteiger partial charge in [-0.1, -0.05) is 12.1 Å². The third kappa shape index (κ3) is 4.40. The molecule has 0 spiro atoms. The molecule has 7 heteroatoms. The average molecular weight is 359 g/mol. The maximum atomic E-state index is 12.6. The summed E-state index contributed by atoms with van der Waals surface area (Å²) in [5.41, 5.74) is 1.57. The van der Waals surface area contributed by atoms with E-state index in [1.807, 2.05) is 12.1 Å². The maximum absolute atomic E-state index is 12.6. The van der Waals surface area contributed by atoms with Crippen LogP contribution in [-0.4, -0.2) is 66.4 Å². The second-order valence-electron chi connectivity index (χ2n) is 6.73. The van der Waals surface area contributed by atoms with Crippen LogP contribution in [0.3, 0.4) is 0 Å². The van der Waals surface area contributed by atoms with E-state index in [1.54, 1.807) is 21.9 Å². The van der Waals surface area contributed by atoms with Gasteiger partial charge in [0, 0.05) is 51.8 Å². The van der Waals surface area contributed by atoms with E-state index in [0.717, 1.165) is 18.4 Å². The van der Waals surface area contributed by atoms with E-state index in [2.05, 4.69) is 5.32 Å². The van der Waals surface area contributed by atoms with Gasteiger partial charge in [0.2, 0.25) is 5.91 Å². The lowest BCUT2D eigenvalue weighted by atomic mass is 10.1. The van der Waals surface area contributed by atoms with E-state index in [-0.39, 0.29) is 23.8 Å². The van der Waals surface area contributed by atoms with Crippen molar-refractivity contribution in [3.05, 3.63) is 35.4 Å². The van der Waals surface area contributed by atoms with Crippen molar-refractivity contribution in [2.45, 2.75) is 32.4 Å². The molecule has 1 aromatic rings. The Bertz CT molecular complexity index is 660. The number of ether oxygens (including phenoxy) is 1. The number of carbonyl (C=O) groups excluding carboxylic acids is 3. The Balaban J connectivity index is 1.51. The fourth-order valence-corrected chi connectivity index (χ4v) is 3.28. The van der Waals surface area contributed by atoms with Gasteiger partial charge in [0.1, 0.15) is 6.10 Å². The summed E-state index contributed by atoms with van der Waals surface area (Å²) in [7, 11) is 0. The molecule has 0 aliphatic carbocycles. The highest BCUT2D eigenvalue weighted by atomic mass is 16.5. The smallest absolute Gasteiger partial charge is 0.253 e. The number of nitrogens with one attached hydrogen (secondary N) is 1. The Morgan fingerprint density at radius 1 is 1.08 bits per heavy atom. The lowest BCUT2D eigenvalue weighted by Gasteiger charge is -2.35. The van der Waals surface area contributed by atoms with E-state index in [4.69, 9.17) is 4.74 Å². The Labute approximate surface area is 153 Å². The number of rotatable bonds is 4. The number of hydrogen-bond acceptors (Lipinski definition) is 4. The summed E-state index contributed by atoms with van der Waals surface area (Å²) in [6.45, 7) is 4.74. The van der Waals surface area contributed by atoms with Crippen molar-refractivity contribution in [2.24, 2.45) is 0 Å². The van der Waals surface area contributed by atoms with E-state index >= 15 is 0 Å². The molecular weight excluding hydrogens is 334 g/mol. The summed E-state index contributed by atoms with van der Waals surface area (Å²) in [6.07, 6.45) is 1.43. The summed E-state index contributed by atoms with van der Waals surface area (Å²) in [5.74, 6) is -0.0576. The van der Waals surface area contributed by atoms with Crippen molar-refractivity contribution >= 4 is 17.7 Å². The van der Waals surface area contributed by atoms with E-state index < -0.39 is 0 Å². The van der Waals surface area contributed by atoms with Gasteiger partial charge in [-0.15, -0.1) is 0 Å². The molecule has 2 aliphatic heterocycles. The minimum absolute atomic E-state index is 0.0275. The number of nitrogens with zero attached hydrogens (tertiary/aromatic N) is 2. The molecule has 0 saturated carbocycles. The molecule has 2 fully saturated rings. The molecule has 1 N–H and O–H groups in total. The van der Waals surface area contributed by atoms with Crippen LogP contribution in [-0.2, 0) is 20.9 Å². The van der Waals surface area contributed by atoms with Crippen molar-refractivity contribution in [2.75, 3.05) is 32.8 Å². The fourth-order valence-electron chi connectivity index (χ4n) is 3.28. The first-order chi connectivity index (χ1) is 12.5. The van der Waals surface area contributed by atoms with Crippen LogP contribution in [0.25, 0.3) is 0 Å². The molecule has 3 rings (SSSR count). The molecule has 2 heterocycles. The number of carbonyl (C=O) groups is 3. The van der Waals surface area contributed by atoms with Gasteiger partial charge in [-0.2, -0.15) is 0 Å². The monoisotopic (exact) mass is 359 g/mol. The van der Waals surface area contributed by atoms with Gasteiger partial charge >= 0.3 is 0 Å². The number of hydrogen-bond donors (Lipinski definition) is 1. The number of amides is 3. The van der Waals surface area contributed by atoms with Gasteiger partial charge in [-0.05, 0) is 30.5 Å². The van der Waals surface area contributed by atoms with Crippen molar-refractivity contribution in [3.63, 3.8) is 0 Å². The molecule has 140 valence electrons. The molecule has 7 nitrogen and oxygen atoms in total. The van der Waals surface area contributed by atoms with Gasteiger partial charge in [0.25, 0.3) is 11.8 Å². The third-order valence-electron chi connectivity index (χ3n) is 4.83. The molecule has 0 bridgehead atoms. The second kappa shape index (κ2) is 8.31. The van der Waals surface area contributed by atoms with Crippen molar-refractivity contribution in [3.8, 4) is 0 Å². The molecule has 0 aromatic heterocycles. The molecule has 2 saturated heterocycles. The Hall–Kier alpha value is -2.41. The van der Waals surface area contributed by atoms with Crippen LogP contribution in [0, 0.1) is 0 Å². The molecule has 1 unspecified atom stereocenters. The standard InChI is InChI=1S/C19H25N3O4/c1-14(23)20-13-15-4-6-16(7-5-15)18(24)21-8-10-22(11-9-21)19(25)17-3-2-12-26-17/h4-7,17H,2-3,8-13H2,1H3,(H,20,23). The normalized spacial score (nSPS) is 20.1. The lowest BCUT2D eigenvalue weighted by Crippen LogP contribution is -2.52. The summed E-state index contributed by atoms with van der Waals surface area (Å²) >= 11 is 0. The molecule has 3 amide bonds. The van der Waals surface area contributed by atoms with Gasteiger partial charge in [0.15, 0.2) is 0 Å². The SMILES string of the molecule is CC(=O)NCc1ccc(C(=O)N2CCN(C(=O)C3CCCO3)CC2)cc1. The summed E-state index contributed by atoms with van der Waals surface area (Å²) < 4.78 is 5.46. The highest BCUT2D eigenvalue weighted by Crippen LogP contribution is 2.17. The first-order valence-electron chi connectivity index (χ1n) is 9.07. The first kappa shape index (κ1) is 18.4. The first-order valence-corrected chi connectivity index (χ1v) is 9.07. The van der Waals surface area contributed by atoms with Crippen LogP contribution < -0.4 is 5.32 Å². The largest absolute Gasteiger partial charge is 0.368 e. The Morgan fingerprint density at radius 3 is 2.31 bits per heavy atom. The Morgan fingerprint density at radius 2 is 1.73 bits per heavy atom. The zero-order valence-corrected chi connectivity index (χ0v) is 15.1. The van der Waals surface area contributed by atoms with Gasteiger partial charge < -0.3 is 19.9 Å². The van der Waals surface area contributed by atoms with E-state index in [1.165, 1.54) is 6.92 Å². The van der Waals surface area contributed by atoms with Gasteiger partial charge in [-0.3, -0.25) is 14.4 Å². The minimum Gasteiger partial charge on any atom is -0.368 e. The van der Waals surface area contributed by atoms with Crippen LogP contribution in [0.5, 0.6) is 0 Å². The summed E-state index contributed by atoms with van der Waals surface area (Å²) in [4.78, 5) is 39.5. The molecule has 1 atom stereocenters. The summed E-state index contributed by atoms with van der Waals surface area (Å²) in [5, 5.41) is 2.73. The van der Waals surface area contributed by atoms with Crippen molar-refractivity contribution in [1.82, 2.24) is 15.1 Å². The van der Waals surface area contributed by atoms with Gasteiger partial charge in [0.05, 0.1) is 0 Å². The quantitative estimate of drug-likeness (QED) is 0.862. The number of piperazine rings is 1. The zero-order chi connectivity index (χ0) is 18.5. The molecule has 26 heavy (non-hydrogen) atoms. The molecule has 2 aliphatic rings. The lowest BCUT2D eigenvalue weighted by molar-refractivity contribution is -0.142. The average Bonchev–Trinajstić information content (AvgIpc) is 3.20. The third-order valence-corrected chi connectivity index (χ3v) is 4.83. The number of benzene rings is 1. The van der Waals surface area contributed by atoms with Crippen molar-refractivity contribution in [1.29, 1.82) is 0 Å².